The Morgan fingerprint density at radius 1 is 1.09 bits per heavy atom. The molecule has 2 aromatic carbocycles. The van der Waals surface area contributed by atoms with Crippen molar-refractivity contribution < 1.29 is 9.59 Å². The first-order chi connectivity index (χ1) is 17.0. The summed E-state index contributed by atoms with van der Waals surface area (Å²) >= 11 is 2.69. The number of carbonyl (C=O) groups is 2. The second-order valence-electron chi connectivity index (χ2n) is 7.84. The largest absolute Gasteiger partial charge is 0.342 e. The predicted molar refractivity (Wildman–Crippen MR) is 140 cm³/mol. The van der Waals surface area contributed by atoms with Gasteiger partial charge in [-0.3, -0.25) is 9.59 Å². The highest BCUT2D eigenvalue weighted by atomic mass is 32.2. The molecule has 0 unspecified atom stereocenters. The van der Waals surface area contributed by atoms with Crippen molar-refractivity contribution in [2.24, 2.45) is 0 Å². The Bertz CT molecular complexity index is 1320. The van der Waals surface area contributed by atoms with E-state index < -0.39 is 0 Å². The van der Waals surface area contributed by atoms with E-state index in [-0.39, 0.29) is 23.6 Å². The number of thioether (sulfide) groups is 1. The maximum atomic E-state index is 12.7. The van der Waals surface area contributed by atoms with Crippen molar-refractivity contribution in [3.05, 3.63) is 76.9 Å². The van der Waals surface area contributed by atoms with Crippen LogP contribution in [-0.4, -0.2) is 37.3 Å². The molecule has 0 radical (unpaired) electrons. The number of benzene rings is 2. The molecule has 35 heavy (non-hydrogen) atoms. The molecule has 2 amide bonds. The van der Waals surface area contributed by atoms with Crippen LogP contribution in [0.3, 0.4) is 0 Å². The molecular formula is C25H26N6O2S2. The molecule has 0 spiro atoms. The molecule has 0 saturated heterocycles. The van der Waals surface area contributed by atoms with Crippen LogP contribution in [0.25, 0.3) is 11.3 Å². The normalized spacial score (nSPS) is 11.7. The second-order valence-corrected chi connectivity index (χ2v) is 9.64. The molecule has 8 nitrogen and oxygen atoms in total. The van der Waals surface area contributed by atoms with E-state index in [2.05, 4.69) is 25.8 Å². The molecule has 2 heterocycles. The molecule has 0 aliphatic heterocycles. The van der Waals surface area contributed by atoms with Crippen LogP contribution in [0.1, 0.15) is 41.6 Å². The Labute approximate surface area is 212 Å². The summed E-state index contributed by atoms with van der Waals surface area (Å²) in [6.45, 7) is 6.37. The number of aromatic nitrogens is 4. The number of thiazole rings is 1. The summed E-state index contributed by atoms with van der Waals surface area (Å²) in [7, 11) is 0. The zero-order valence-electron chi connectivity index (χ0n) is 19.7. The monoisotopic (exact) mass is 506 g/mol. The third-order valence-electron chi connectivity index (χ3n) is 5.34. The second kappa shape index (κ2) is 11.3. The van der Waals surface area contributed by atoms with E-state index in [1.165, 1.54) is 23.1 Å². The summed E-state index contributed by atoms with van der Waals surface area (Å²) in [6.07, 6.45) is 0. The minimum Gasteiger partial charge on any atom is -0.342 e. The van der Waals surface area contributed by atoms with Gasteiger partial charge < -0.3 is 15.2 Å². The molecule has 2 N–H and O–H groups in total. The minimum absolute atomic E-state index is 0.159. The van der Waals surface area contributed by atoms with E-state index in [1.54, 1.807) is 6.07 Å². The van der Waals surface area contributed by atoms with Gasteiger partial charge in [-0.05, 0) is 32.4 Å². The van der Waals surface area contributed by atoms with Gasteiger partial charge in [0, 0.05) is 23.1 Å². The Kier molecular flexibility index (Phi) is 7.94. The maximum absolute atomic E-state index is 12.7. The Morgan fingerprint density at radius 2 is 1.83 bits per heavy atom. The fraction of sp³-hybridized carbons (Fsp3) is 0.240. The average molecular weight is 507 g/mol. The fourth-order valence-electron chi connectivity index (χ4n) is 3.55. The standard InChI is InChI=1S/C25H26N6O2S2/c1-4-31-22(17(3)26-23(33)19-13-9-8-10-16(19)2)29-30-25(31)35-15-21(32)28-24-27-20(14-34-24)18-11-6-5-7-12-18/h5-14,17H,4,15H2,1-3H3,(H,26,33)(H,27,28,32)/t17-/m1/s1. The van der Waals surface area contributed by atoms with Crippen LogP contribution in [0.4, 0.5) is 5.13 Å². The van der Waals surface area contributed by atoms with E-state index in [4.69, 9.17) is 0 Å². The molecule has 0 aliphatic rings. The zero-order valence-corrected chi connectivity index (χ0v) is 21.3. The quantitative estimate of drug-likeness (QED) is 0.312. The smallest absolute Gasteiger partial charge is 0.252 e. The zero-order chi connectivity index (χ0) is 24.8. The molecule has 4 rings (SSSR count). The summed E-state index contributed by atoms with van der Waals surface area (Å²) in [5.41, 5.74) is 3.37. The van der Waals surface area contributed by atoms with E-state index in [1.807, 2.05) is 79.2 Å². The highest BCUT2D eigenvalue weighted by Gasteiger charge is 2.21. The lowest BCUT2D eigenvalue weighted by Gasteiger charge is -2.16. The molecule has 0 fully saturated rings. The molecule has 0 saturated carbocycles. The molecule has 180 valence electrons. The molecule has 4 aromatic rings. The first kappa shape index (κ1) is 24.6. The topological polar surface area (TPSA) is 102 Å². The van der Waals surface area contributed by atoms with Crippen LogP contribution in [0, 0.1) is 6.92 Å². The molecule has 0 bridgehead atoms. The first-order valence-electron chi connectivity index (χ1n) is 11.2. The third kappa shape index (κ3) is 5.95. The SMILES string of the molecule is CCn1c(SCC(=O)Nc2nc(-c3ccccc3)cs2)nnc1[C@@H](C)NC(=O)c1ccccc1C. The molecule has 10 heteroatoms. The van der Waals surface area contributed by atoms with Gasteiger partial charge in [0.25, 0.3) is 5.91 Å². The summed E-state index contributed by atoms with van der Waals surface area (Å²) < 4.78 is 1.91. The Morgan fingerprint density at radius 3 is 2.57 bits per heavy atom. The van der Waals surface area contributed by atoms with Crippen molar-refractivity contribution in [3.63, 3.8) is 0 Å². The lowest BCUT2D eigenvalue weighted by molar-refractivity contribution is -0.113. The lowest BCUT2D eigenvalue weighted by atomic mass is 10.1. The van der Waals surface area contributed by atoms with Crippen LogP contribution < -0.4 is 10.6 Å². The van der Waals surface area contributed by atoms with Gasteiger partial charge in [0.05, 0.1) is 17.5 Å². The highest BCUT2D eigenvalue weighted by molar-refractivity contribution is 7.99. The number of aryl methyl sites for hydroxylation is 1. The molecule has 1 atom stereocenters. The van der Waals surface area contributed by atoms with Gasteiger partial charge in [-0.2, -0.15) is 0 Å². The van der Waals surface area contributed by atoms with E-state index in [0.717, 1.165) is 16.8 Å². The number of carbonyl (C=O) groups excluding carboxylic acids is 2. The average Bonchev–Trinajstić information content (AvgIpc) is 3.50. The van der Waals surface area contributed by atoms with Gasteiger partial charge in [-0.25, -0.2) is 4.98 Å². The third-order valence-corrected chi connectivity index (χ3v) is 7.06. The van der Waals surface area contributed by atoms with Crippen molar-refractivity contribution in [1.29, 1.82) is 0 Å². The van der Waals surface area contributed by atoms with Gasteiger partial charge >= 0.3 is 0 Å². The van der Waals surface area contributed by atoms with Crippen molar-refractivity contribution in [2.75, 3.05) is 11.1 Å². The van der Waals surface area contributed by atoms with Gasteiger partial charge in [0.2, 0.25) is 5.91 Å². The predicted octanol–water partition coefficient (Wildman–Crippen LogP) is 4.95. The van der Waals surface area contributed by atoms with E-state index in [9.17, 15) is 9.59 Å². The summed E-state index contributed by atoms with van der Waals surface area (Å²) in [5.74, 6) is 0.484. The van der Waals surface area contributed by atoms with Crippen molar-refractivity contribution >= 4 is 40.0 Å². The summed E-state index contributed by atoms with van der Waals surface area (Å²) in [5, 5.41) is 17.5. The fourth-order valence-corrected chi connectivity index (χ4v) is 5.09. The number of nitrogens with zero attached hydrogens (tertiary/aromatic N) is 4. The van der Waals surface area contributed by atoms with Crippen LogP contribution in [-0.2, 0) is 11.3 Å². The number of nitrogens with one attached hydrogen (secondary N) is 2. The first-order valence-corrected chi connectivity index (χ1v) is 13.1. The van der Waals surface area contributed by atoms with Crippen molar-refractivity contribution in [2.45, 2.75) is 38.5 Å². The van der Waals surface area contributed by atoms with Gasteiger partial charge in [0.1, 0.15) is 0 Å². The summed E-state index contributed by atoms with van der Waals surface area (Å²) in [6, 6.07) is 16.9. The van der Waals surface area contributed by atoms with Crippen LogP contribution in [0.5, 0.6) is 0 Å². The van der Waals surface area contributed by atoms with E-state index in [0.29, 0.717) is 28.2 Å². The van der Waals surface area contributed by atoms with Crippen LogP contribution in [0.2, 0.25) is 0 Å². The van der Waals surface area contributed by atoms with Gasteiger partial charge in [-0.15, -0.1) is 21.5 Å². The van der Waals surface area contributed by atoms with Gasteiger partial charge in [0.15, 0.2) is 16.1 Å². The summed E-state index contributed by atoms with van der Waals surface area (Å²) in [4.78, 5) is 29.7. The molecule has 2 aromatic heterocycles. The van der Waals surface area contributed by atoms with Crippen LogP contribution in [0.15, 0.2) is 65.1 Å². The number of amides is 2. The van der Waals surface area contributed by atoms with Gasteiger partial charge in [-0.1, -0.05) is 60.3 Å². The minimum atomic E-state index is -0.343. The van der Waals surface area contributed by atoms with Crippen molar-refractivity contribution in [1.82, 2.24) is 25.1 Å². The molecular weight excluding hydrogens is 480 g/mol. The number of anilines is 1. The highest BCUT2D eigenvalue weighted by Crippen LogP contribution is 2.25. The molecule has 0 aliphatic carbocycles. The van der Waals surface area contributed by atoms with Crippen LogP contribution >= 0.6 is 23.1 Å². The Hall–Kier alpha value is -3.50. The lowest BCUT2D eigenvalue weighted by Crippen LogP contribution is -2.29. The maximum Gasteiger partial charge on any atom is 0.252 e. The number of hydrogen-bond donors (Lipinski definition) is 2. The van der Waals surface area contributed by atoms with Crippen molar-refractivity contribution in [3.8, 4) is 11.3 Å². The van der Waals surface area contributed by atoms with E-state index >= 15 is 0 Å². The number of rotatable bonds is 9. The number of hydrogen-bond acceptors (Lipinski definition) is 7. The Balaban J connectivity index is 1.36.